The molecule has 0 saturated heterocycles. The van der Waals surface area contributed by atoms with Gasteiger partial charge in [0.25, 0.3) is 0 Å². The first-order valence-corrected chi connectivity index (χ1v) is 4.11. The lowest BCUT2D eigenvalue weighted by Gasteiger charge is -2.11. The van der Waals surface area contributed by atoms with E-state index in [0.717, 1.165) is 0 Å². The van der Waals surface area contributed by atoms with E-state index in [2.05, 4.69) is 4.98 Å². The van der Waals surface area contributed by atoms with E-state index in [1.165, 1.54) is 7.11 Å². The van der Waals surface area contributed by atoms with E-state index in [1.807, 2.05) is 0 Å². The van der Waals surface area contributed by atoms with Gasteiger partial charge in [-0.1, -0.05) is 0 Å². The van der Waals surface area contributed by atoms with Gasteiger partial charge in [-0.05, 0) is 12.1 Å². The molecule has 0 fully saturated rings. The normalized spacial score (nSPS) is 12.1. The Balaban J connectivity index is 2.87. The molecule has 0 radical (unpaired) electrons. The van der Waals surface area contributed by atoms with Crippen LogP contribution in [-0.2, 0) is 4.79 Å². The number of methoxy groups -OCH3 is 1. The first-order chi connectivity index (χ1) is 6.65. The van der Waals surface area contributed by atoms with Crippen LogP contribution in [0.25, 0.3) is 0 Å². The van der Waals surface area contributed by atoms with E-state index in [9.17, 15) is 4.79 Å². The number of pyridine rings is 1. The molecule has 0 bridgehead atoms. The molecule has 76 valence electrons. The molecule has 14 heavy (non-hydrogen) atoms. The smallest absolute Gasteiger partial charge is 0.305 e. The molecule has 3 N–H and O–H groups in total. The maximum atomic E-state index is 10.4. The average molecular weight is 196 g/mol. The van der Waals surface area contributed by atoms with Crippen molar-refractivity contribution in [2.45, 2.75) is 12.5 Å². The maximum absolute atomic E-state index is 10.4. The number of hydrogen-bond acceptors (Lipinski definition) is 4. The zero-order valence-corrected chi connectivity index (χ0v) is 7.80. The van der Waals surface area contributed by atoms with Gasteiger partial charge in [-0.2, -0.15) is 0 Å². The van der Waals surface area contributed by atoms with Crippen molar-refractivity contribution >= 4 is 5.97 Å². The highest BCUT2D eigenvalue weighted by Crippen LogP contribution is 2.22. The van der Waals surface area contributed by atoms with Gasteiger partial charge in [0.1, 0.15) is 5.75 Å². The third-order valence-electron chi connectivity index (χ3n) is 1.77. The van der Waals surface area contributed by atoms with Gasteiger partial charge in [0.05, 0.1) is 25.3 Å². The van der Waals surface area contributed by atoms with Gasteiger partial charge in [-0.25, -0.2) is 0 Å². The highest BCUT2D eigenvalue weighted by Gasteiger charge is 2.15. The number of nitrogens with two attached hydrogens (primary N) is 1. The first-order valence-electron chi connectivity index (χ1n) is 4.11. The number of carboxylic acid groups (broad SMARTS) is 1. The Morgan fingerprint density at radius 3 is 3.07 bits per heavy atom. The summed E-state index contributed by atoms with van der Waals surface area (Å²) in [6.45, 7) is 0. The van der Waals surface area contributed by atoms with Gasteiger partial charge in [0.15, 0.2) is 0 Å². The summed E-state index contributed by atoms with van der Waals surface area (Å²) in [5.74, 6) is -0.438. The van der Waals surface area contributed by atoms with Crippen LogP contribution in [-0.4, -0.2) is 23.2 Å². The van der Waals surface area contributed by atoms with Gasteiger partial charge in [-0.15, -0.1) is 0 Å². The second kappa shape index (κ2) is 4.57. The van der Waals surface area contributed by atoms with Crippen molar-refractivity contribution in [3.05, 3.63) is 24.0 Å². The first kappa shape index (κ1) is 10.5. The minimum absolute atomic E-state index is 0.159. The molecule has 0 aromatic carbocycles. The predicted molar refractivity (Wildman–Crippen MR) is 50.0 cm³/mol. The quantitative estimate of drug-likeness (QED) is 0.735. The fourth-order valence-electron chi connectivity index (χ4n) is 1.14. The molecular weight excluding hydrogens is 184 g/mol. The fourth-order valence-corrected chi connectivity index (χ4v) is 1.14. The minimum Gasteiger partial charge on any atom is -0.495 e. The Labute approximate surface area is 81.5 Å². The fraction of sp³-hybridized carbons (Fsp3) is 0.333. The van der Waals surface area contributed by atoms with Gasteiger partial charge in [0.2, 0.25) is 0 Å². The van der Waals surface area contributed by atoms with Gasteiger partial charge >= 0.3 is 5.97 Å². The lowest BCUT2D eigenvalue weighted by atomic mass is 10.1. The highest BCUT2D eigenvalue weighted by atomic mass is 16.5. The van der Waals surface area contributed by atoms with E-state index < -0.39 is 12.0 Å². The van der Waals surface area contributed by atoms with E-state index in [4.69, 9.17) is 15.6 Å². The number of ether oxygens (including phenoxy) is 1. The molecule has 0 unspecified atom stereocenters. The number of aromatic nitrogens is 1. The topological polar surface area (TPSA) is 85.4 Å². The largest absolute Gasteiger partial charge is 0.495 e. The second-order valence-corrected chi connectivity index (χ2v) is 2.80. The van der Waals surface area contributed by atoms with E-state index in [1.54, 1.807) is 18.3 Å². The Morgan fingerprint density at radius 1 is 1.79 bits per heavy atom. The van der Waals surface area contributed by atoms with Crippen LogP contribution >= 0.6 is 0 Å². The summed E-state index contributed by atoms with van der Waals surface area (Å²) >= 11 is 0. The second-order valence-electron chi connectivity index (χ2n) is 2.80. The van der Waals surface area contributed by atoms with Crippen molar-refractivity contribution in [3.8, 4) is 5.75 Å². The summed E-state index contributed by atoms with van der Waals surface area (Å²) in [7, 11) is 1.49. The molecule has 1 rings (SSSR count). The van der Waals surface area contributed by atoms with Crippen LogP contribution < -0.4 is 10.5 Å². The molecule has 0 spiro atoms. The average Bonchev–Trinajstić information content (AvgIpc) is 2.16. The van der Waals surface area contributed by atoms with Crippen LogP contribution in [0.2, 0.25) is 0 Å². The molecule has 5 heteroatoms. The highest BCUT2D eigenvalue weighted by molar-refractivity contribution is 5.67. The van der Waals surface area contributed by atoms with Crippen LogP contribution in [0.15, 0.2) is 18.3 Å². The molecule has 1 atom stereocenters. The van der Waals surface area contributed by atoms with Crippen molar-refractivity contribution in [2.24, 2.45) is 5.73 Å². The van der Waals surface area contributed by atoms with Crippen molar-refractivity contribution in [1.82, 2.24) is 4.98 Å². The number of aliphatic carboxylic acids is 1. The Kier molecular flexibility index (Phi) is 3.41. The Bertz CT molecular complexity index is 328. The van der Waals surface area contributed by atoms with Gasteiger partial charge < -0.3 is 15.6 Å². The van der Waals surface area contributed by atoms with Crippen molar-refractivity contribution in [3.63, 3.8) is 0 Å². The van der Waals surface area contributed by atoms with Crippen molar-refractivity contribution in [2.75, 3.05) is 7.11 Å². The minimum atomic E-state index is -0.954. The number of carboxylic acids is 1. The molecule has 0 aliphatic carbocycles. The monoisotopic (exact) mass is 196 g/mol. The summed E-state index contributed by atoms with van der Waals surface area (Å²) in [4.78, 5) is 14.4. The van der Waals surface area contributed by atoms with Gasteiger partial charge in [-0.3, -0.25) is 9.78 Å². The van der Waals surface area contributed by atoms with Crippen LogP contribution in [0.1, 0.15) is 18.2 Å². The maximum Gasteiger partial charge on any atom is 0.305 e. The van der Waals surface area contributed by atoms with Crippen LogP contribution in [0.3, 0.4) is 0 Å². The Morgan fingerprint density at radius 2 is 2.50 bits per heavy atom. The number of rotatable bonds is 4. The molecule has 0 aliphatic heterocycles. The summed E-state index contributed by atoms with van der Waals surface area (Å²) in [6, 6.07) is 2.77. The summed E-state index contributed by atoms with van der Waals surface area (Å²) in [5.41, 5.74) is 6.12. The van der Waals surface area contributed by atoms with Crippen LogP contribution in [0.4, 0.5) is 0 Å². The third kappa shape index (κ3) is 2.43. The van der Waals surface area contributed by atoms with E-state index >= 15 is 0 Å². The van der Waals surface area contributed by atoms with E-state index in [-0.39, 0.29) is 6.42 Å². The molecule has 1 heterocycles. The molecule has 5 nitrogen and oxygen atoms in total. The number of carbonyl (C=O) groups is 1. The summed E-state index contributed by atoms with van der Waals surface area (Å²) < 4.78 is 5.01. The third-order valence-corrected chi connectivity index (χ3v) is 1.77. The zero-order chi connectivity index (χ0) is 10.6. The lowest BCUT2D eigenvalue weighted by molar-refractivity contribution is -0.137. The molecule has 0 aliphatic rings. The molecule has 0 amide bonds. The Hall–Kier alpha value is -1.62. The van der Waals surface area contributed by atoms with Crippen molar-refractivity contribution < 1.29 is 14.6 Å². The predicted octanol–water partition coefficient (Wildman–Crippen LogP) is 0.565. The van der Waals surface area contributed by atoms with Crippen LogP contribution in [0.5, 0.6) is 5.75 Å². The summed E-state index contributed by atoms with van der Waals surface area (Å²) in [6.07, 6.45) is 1.40. The number of hydrogen-bond donors (Lipinski definition) is 2. The standard InChI is InChI=1S/C9H12N2O3/c1-14-7-3-2-4-11-9(7)6(10)5-8(12)13/h2-4,6H,5,10H2,1H3,(H,12,13)/t6-/m1/s1. The molecule has 1 aromatic heterocycles. The van der Waals surface area contributed by atoms with E-state index in [0.29, 0.717) is 11.4 Å². The molecule has 1 aromatic rings. The number of nitrogens with zero attached hydrogens (tertiary/aromatic N) is 1. The van der Waals surface area contributed by atoms with Crippen molar-refractivity contribution in [1.29, 1.82) is 0 Å². The zero-order valence-electron chi connectivity index (χ0n) is 7.80. The van der Waals surface area contributed by atoms with Gasteiger partial charge in [0, 0.05) is 6.20 Å². The summed E-state index contributed by atoms with van der Waals surface area (Å²) in [5, 5.41) is 8.56. The van der Waals surface area contributed by atoms with Crippen LogP contribution in [0, 0.1) is 0 Å². The SMILES string of the molecule is COc1cccnc1[C@H](N)CC(=O)O. The molecule has 0 saturated carbocycles. The lowest BCUT2D eigenvalue weighted by Crippen LogP contribution is -2.17. The molecular formula is C9H12N2O3.